The number of amides is 1. The predicted molar refractivity (Wildman–Crippen MR) is 115 cm³/mol. The molecule has 1 amide bonds. The Morgan fingerprint density at radius 1 is 1.31 bits per heavy atom. The Kier molecular flexibility index (Phi) is 6.77. The lowest BCUT2D eigenvalue weighted by Gasteiger charge is -2.35. The van der Waals surface area contributed by atoms with E-state index in [9.17, 15) is 13.2 Å². The van der Waals surface area contributed by atoms with E-state index in [0.29, 0.717) is 17.5 Å². The summed E-state index contributed by atoms with van der Waals surface area (Å²) in [4.78, 5) is 12.9. The molecular formula is C21H23BrN2O4S. The van der Waals surface area contributed by atoms with Crippen LogP contribution in [0.4, 0.5) is 0 Å². The molecule has 154 valence electrons. The third kappa shape index (κ3) is 4.55. The van der Waals surface area contributed by atoms with Crippen LogP contribution in [0.25, 0.3) is 0 Å². The number of nitrogens with one attached hydrogen (secondary N) is 1. The Hall–Kier alpha value is -2.16. The average molecular weight is 479 g/mol. The topological polar surface area (TPSA) is 75.7 Å². The van der Waals surface area contributed by atoms with E-state index in [2.05, 4.69) is 27.8 Å². The number of sulfonamides is 1. The zero-order valence-corrected chi connectivity index (χ0v) is 18.5. The van der Waals surface area contributed by atoms with Gasteiger partial charge in [-0.25, -0.2) is 8.42 Å². The lowest BCUT2D eigenvalue weighted by atomic mass is 9.95. The van der Waals surface area contributed by atoms with Crippen LogP contribution in [0.5, 0.6) is 5.75 Å². The van der Waals surface area contributed by atoms with Gasteiger partial charge in [-0.2, -0.15) is 4.31 Å². The minimum absolute atomic E-state index is 0.0367. The molecule has 2 aromatic carbocycles. The maximum Gasteiger partial charge on any atom is 0.247 e. The summed E-state index contributed by atoms with van der Waals surface area (Å²) in [6.07, 6.45) is 1.87. The number of ether oxygens (including phenoxy) is 1. The zero-order chi connectivity index (χ0) is 21.0. The summed E-state index contributed by atoms with van der Waals surface area (Å²) < 4.78 is 34.8. The van der Waals surface area contributed by atoms with Gasteiger partial charge >= 0.3 is 0 Å². The van der Waals surface area contributed by atoms with Crippen LogP contribution in [0.15, 0.2) is 64.5 Å². The van der Waals surface area contributed by atoms with Crippen LogP contribution in [0.2, 0.25) is 0 Å². The number of carbonyl (C=O) groups is 1. The zero-order valence-electron chi connectivity index (χ0n) is 16.1. The molecule has 0 saturated heterocycles. The normalized spacial score (nSPS) is 16.7. The molecule has 6 nitrogen and oxygen atoms in total. The van der Waals surface area contributed by atoms with Gasteiger partial charge in [0.15, 0.2) is 0 Å². The molecule has 0 radical (unpaired) electrons. The van der Waals surface area contributed by atoms with Crippen molar-refractivity contribution in [2.24, 2.45) is 0 Å². The molecule has 0 fully saturated rings. The van der Waals surface area contributed by atoms with Gasteiger partial charge in [0.25, 0.3) is 0 Å². The molecule has 1 N–H and O–H groups in total. The Morgan fingerprint density at radius 3 is 2.72 bits per heavy atom. The summed E-state index contributed by atoms with van der Waals surface area (Å²) in [6.45, 7) is 6.11. The summed E-state index contributed by atoms with van der Waals surface area (Å²) in [6, 6.07) is 11.6. The fraction of sp³-hybridized carbons (Fsp3) is 0.286. The first kappa shape index (κ1) is 21.5. The molecule has 1 atom stereocenters. The van der Waals surface area contributed by atoms with Gasteiger partial charge in [0, 0.05) is 17.6 Å². The molecule has 2 aromatic rings. The third-order valence-electron chi connectivity index (χ3n) is 4.72. The Morgan fingerprint density at radius 2 is 2.03 bits per heavy atom. The lowest BCUT2D eigenvalue weighted by Crippen LogP contribution is -2.52. The van der Waals surface area contributed by atoms with E-state index in [1.165, 1.54) is 10.4 Å². The predicted octanol–water partition coefficient (Wildman–Crippen LogP) is 3.27. The van der Waals surface area contributed by atoms with E-state index in [-0.39, 0.29) is 29.6 Å². The molecule has 0 bridgehead atoms. The van der Waals surface area contributed by atoms with E-state index in [1.807, 2.05) is 24.3 Å². The van der Waals surface area contributed by atoms with Crippen molar-refractivity contribution < 1.29 is 17.9 Å². The Bertz CT molecular complexity index is 1020. The van der Waals surface area contributed by atoms with Crippen LogP contribution in [-0.4, -0.2) is 37.8 Å². The number of hydrogen-bond acceptors (Lipinski definition) is 4. The second kappa shape index (κ2) is 9.11. The SMILES string of the molecule is C=CCNC(=O)[C@H]1Cc2ccccc2CN1S(=O)(=O)c1cc(Br)ccc1OCC. The molecule has 3 rings (SSSR count). The molecule has 0 unspecified atom stereocenters. The molecule has 0 aromatic heterocycles. The minimum atomic E-state index is -4.01. The highest BCUT2D eigenvalue weighted by molar-refractivity contribution is 9.10. The molecule has 8 heteroatoms. The van der Waals surface area contributed by atoms with E-state index < -0.39 is 16.1 Å². The van der Waals surface area contributed by atoms with Crippen molar-refractivity contribution in [3.63, 3.8) is 0 Å². The number of halogens is 1. The van der Waals surface area contributed by atoms with Crippen molar-refractivity contribution in [2.45, 2.75) is 30.8 Å². The quantitative estimate of drug-likeness (QED) is 0.619. The van der Waals surface area contributed by atoms with Gasteiger partial charge in [-0.1, -0.05) is 46.3 Å². The van der Waals surface area contributed by atoms with Crippen molar-refractivity contribution in [2.75, 3.05) is 13.2 Å². The number of hydrogen-bond donors (Lipinski definition) is 1. The molecule has 1 heterocycles. The summed E-state index contributed by atoms with van der Waals surface area (Å²) >= 11 is 3.34. The van der Waals surface area contributed by atoms with Gasteiger partial charge in [0.2, 0.25) is 15.9 Å². The highest BCUT2D eigenvalue weighted by atomic mass is 79.9. The van der Waals surface area contributed by atoms with Crippen LogP contribution in [0, 0.1) is 0 Å². The summed E-state index contributed by atoms with van der Waals surface area (Å²) in [5.41, 5.74) is 1.86. The molecular weight excluding hydrogens is 456 g/mol. The first-order chi connectivity index (χ1) is 13.9. The first-order valence-corrected chi connectivity index (χ1v) is 11.5. The van der Waals surface area contributed by atoms with Crippen molar-refractivity contribution in [3.8, 4) is 5.75 Å². The first-order valence-electron chi connectivity index (χ1n) is 9.28. The second-order valence-corrected chi connectivity index (χ2v) is 9.37. The van der Waals surface area contributed by atoms with Crippen LogP contribution < -0.4 is 10.1 Å². The van der Waals surface area contributed by atoms with Gasteiger partial charge in [-0.05, 0) is 42.7 Å². The number of rotatable bonds is 7. The van der Waals surface area contributed by atoms with Crippen molar-refractivity contribution in [3.05, 3.63) is 70.7 Å². The van der Waals surface area contributed by atoms with Gasteiger partial charge in [0.1, 0.15) is 16.7 Å². The lowest BCUT2D eigenvalue weighted by molar-refractivity contribution is -0.125. The van der Waals surface area contributed by atoms with E-state index in [1.54, 1.807) is 25.1 Å². The van der Waals surface area contributed by atoms with Crippen molar-refractivity contribution in [1.29, 1.82) is 0 Å². The number of fused-ring (bicyclic) bond motifs is 1. The fourth-order valence-corrected chi connectivity index (χ4v) is 5.59. The summed E-state index contributed by atoms with van der Waals surface area (Å²) in [5.74, 6) is -0.0873. The highest BCUT2D eigenvalue weighted by Crippen LogP contribution is 2.34. The largest absolute Gasteiger partial charge is 0.492 e. The molecule has 0 spiro atoms. The van der Waals surface area contributed by atoms with E-state index in [4.69, 9.17) is 4.74 Å². The number of carbonyl (C=O) groups excluding carboxylic acids is 1. The summed E-state index contributed by atoms with van der Waals surface area (Å²) in [5, 5.41) is 2.73. The smallest absolute Gasteiger partial charge is 0.247 e. The average Bonchev–Trinajstić information content (AvgIpc) is 2.72. The fourth-order valence-electron chi connectivity index (χ4n) is 3.35. The number of nitrogens with zero attached hydrogens (tertiary/aromatic N) is 1. The monoisotopic (exact) mass is 478 g/mol. The second-order valence-electron chi connectivity index (χ2n) is 6.60. The number of benzene rings is 2. The standard InChI is InChI=1S/C21H23BrN2O4S/c1-3-11-23-21(25)18-12-15-7-5-6-8-16(15)14-24(18)29(26,27)20-13-17(22)9-10-19(20)28-4-2/h3,5-10,13,18H,1,4,11-12,14H2,2H3,(H,23,25)/t18-/m1/s1. The minimum Gasteiger partial charge on any atom is -0.492 e. The molecule has 29 heavy (non-hydrogen) atoms. The van der Waals surface area contributed by atoms with Crippen LogP contribution in [-0.2, 0) is 27.8 Å². The molecule has 1 aliphatic rings. The van der Waals surface area contributed by atoms with Gasteiger partial charge in [-0.15, -0.1) is 6.58 Å². The van der Waals surface area contributed by atoms with Gasteiger partial charge in [-0.3, -0.25) is 4.79 Å². The summed E-state index contributed by atoms with van der Waals surface area (Å²) in [7, 11) is -4.01. The van der Waals surface area contributed by atoms with Crippen molar-refractivity contribution >= 4 is 31.9 Å². The van der Waals surface area contributed by atoms with Crippen LogP contribution >= 0.6 is 15.9 Å². The maximum atomic E-state index is 13.7. The van der Waals surface area contributed by atoms with Crippen LogP contribution in [0.3, 0.4) is 0 Å². The van der Waals surface area contributed by atoms with Gasteiger partial charge in [0.05, 0.1) is 6.61 Å². The van der Waals surface area contributed by atoms with E-state index >= 15 is 0 Å². The molecule has 0 aliphatic carbocycles. The highest BCUT2D eigenvalue weighted by Gasteiger charge is 2.40. The maximum absolute atomic E-state index is 13.7. The Labute approximate surface area is 179 Å². The molecule has 1 aliphatic heterocycles. The van der Waals surface area contributed by atoms with Crippen LogP contribution in [0.1, 0.15) is 18.1 Å². The van der Waals surface area contributed by atoms with Gasteiger partial charge < -0.3 is 10.1 Å². The Balaban J connectivity index is 2.08. The molecule has 0 saturated carbocycles. The van der Waals surface area contributed by atoms with E-state index in [0.717, 1.165) is 11.1 Å². The van der Waals surface area contributed by atoms with Crippen molar-refractivity contribution in [1.82, 2.24) is 9.62 Å². The third-order valence-corrected chi connectivity index (χ3v) is 7.09.